The van der Waals surface area contributed by atoms with Gasteiger partial charge in [-0.25, -0.2) is 0 Å². The number of nitrogens with zero attached hydrogens (tertiary/aromatic N) is 2. The van der Waals surface area contributed by atoms with Gasteiger partial charge in [-0.3, -0.25) is 19.8 Å². The fraction of sp³-hybridized carbons (Fsp3) is 0.650. The van der Waals surface area contributed by atoms with E-state index >= 15 is 0 Å². The van der Waals surface area contributed by atoms with E-state index in [-0.39, 0.29) is 36.5 Å². The van der Waals surface area contributed by atoms with Gasteiger partial charge in [0.2, 0.25) is 12.7 Å². The third kappa shape index (κ3) is 5.00. The van der Waals surface area contributed by atoms with Gasteiger partial charge in [0.15, 0.2) is 17.8 Å². The zero-order valence-corrected chi connectivity index (χ0v) is 17.6. The standard InChI is InChI=1S/C20H29N3O7/c1-22(11-18(27-2)28-3)19(20(24)21-13-7-5-4-6-8-13)14-9-16-17(30-12-29-16)10-15(14)23(25)26/h9-10,13,18-19H,4-8,11-12H2,1-3H3,(H,21,24)/t19-/m0/s1. The van der Waals surface area contributed by atoms with Crippen LogP contribution in [0.15, 0.2) is 12.1 Å². The number of likely N-dealkylation sites (N-methyl/N-ethyl adjacent to an activating group) is 1. The lowest BCUT2D eigenvalue weighted by Gasteiger charge is -2.32. The number of hydrogen-bond donors (Lipinski definition) is 1. The number of carbonyl (C=O) groups excluding carboxylic acids is 1. The van der Waals surface area contributed by atoms with Crippen LogP contribution < -0.4 is 14.8 Å². The van der Waals surface area contributed by atoms with E-state index in [1.54, 1.807) is 11.9 Å². The van der Waals surface area contributed by atoms with Gasteiger partial charge >= 0.3 is 0 Å². The molecule has 0 aromatic heterocycles. The third-order valence-electron chi connectivity index (χ3n) is 5.62. The highest BCUT2D eigenvalue weighted by atomic mass is 16.7. The molecule has 3 rings (SSSR count). The van der Waals surface area contributed by atoms with Crippen molar-refractivity contribution < 1.29 is 28.7 Å². The largest absolute Gasteiger partial charge is 0.454 e. The summed E-state index contributed by atoms with van der Waals surface area (Å²) in [5.41, 5.74) is 0.0484. The first kappa shape index (κ1) is 22.3. The molecule has 0 unspecified atom stereocenters. The minimum atomic E-state index is -0.922. The molecule has 30 heavy (non-hydrogen) atoms. The molecule has 0 spiro atoms. The minimum absolute atomic E-state index is 0.0137. The first-order chi connectivity index (χ1) is 14.4. The number of nitro benzene ring substituents is 1. The number of methoxy groups -OCH3 is 2. The second-order valence-electron chi connectivity index (χ2n) is 7.61. The van der Waals surface area contributed by atoms with Crippen LogP contribution in [-0.2, 0) is 14.3 Å². The fourth-order valence-corrected chi connectivity index (χ4v) is 4.02. The normalized spacial score (nSPS) is 17.4. The molecule has 1 heterocycles. The summed E-state index contributed by atoms with van der Waals surface area (Å²) < 4.78 is 21.2. The Morgan fingerprint density at radius 2 is 1.87 bits per heavy atom. The second kappa shape index (κ2) is 10.1. The molecule has 10 heteroatoms. The van der Waals surface area contributed by atoms with Gasteiger partial charge in [-0.2, -0.15) is 0 Å². The number of benzene rings is 1. The molecule has 1 aliphatic carbocycles. The fourth-order valence-electron chi connectivity index (χ4n) is 4.02. The minimum Gasteiger partial charge on any atom is -0.454 e. The maximum absolute atomic E-state index is 13.4. The van der Waals surface area contributed by atoms with Crippen LogP contribution in [0.1, 0.15) is 43.7 Å². The van der Waals surface area contributed by atoms with E-state index in [4.69, 9.17) is 18.9 Å². The highest BCUT2D eigenvalue weighted by Crippen LogP contribution is 2.41. The number of fused-ring (bicyclic) bond motifs is 1. The van der Waals surface area contributed by atoms with Crippen LogP contribution in [-0.4, -0.2) is 62.7 Å². The Hall–Kier alpha value is -2.43. The number of rotatable bonds is 9. The summed E-state index contributed by atoms with van der Waals surface area (Å²) in [7, 11) is 4.72. The van der Waals surface area contributed by atoms with Crippen molar-refractivity contribution in [2.75, 3.05) is 34.6 Å². The van der Waals surface area contributed by atoms with Crippen LogP contribution in [0, 0.1) is 10.1 Å². The van der Waals surface area contributed by atoms with Crippen LogP contribution in [0.3, 0.4) is 0 Å². The monoisotopic (exact) mass is 423 g/mol. The molecule has 0 bridgehead atoms. The maximum atomic E-state index is 13.4. The highest BCUT2D eigenvalue weighted by Gasteiger charge is 2.36. The quantitative estimate of drug-likeness (QED) is 0.366. The summed E-state index contributed by atoms with van der Waals surface area (Å²) in [5, 5.41) is 14.9. The predicted molar refractivity (Wildman–Crippen MR) is 107 cm³/mol. The van der Waals surface area contributed by atoms with Gasteiger partial charge in [0.25, 0.3) is 5.69 Å². The number of nitrogens with one attached hydrogen (secondary N) is 1. The van der Waals surface area contributed by atoms with Gasteiger partial charge < -0.3 is 24.3 Å². The van der Waals surface area contributed by atoms with E-state index < -0.39 is 17.3 Å². The third-order valence-corrected chi connectivity index (χ3v) is 5.62. The molecule has 1 fully saturated rings. The van der Waals surface area contributed by atoms with E-state index in [2.05, 4.69) is 5.32 Å². The molecule has 1 N–H and O–H groups in total. The number of amides is 1. The molecule has 2 aliphatic rings. The highest BCUT2D eigenvalue weighted by molar-refractivity contribution is 5.85. The van der Waals surface area contributed by atoms with Gasteiger partial charge in [-0.1, -0.05) is 19.3 Å². The zero-order valence-electron chi connectivity index (χ0n) is 17.6. The van der Waals surface area contributed by atoms with Gasteiger partial charge in [0.1, 0.15) is 6.04 Å². The first-order valence-electron chi connectivity index (χ1n) is 10.1. The zero-order chi connectivity index (χ0) is 21.7. The summed E-state index contributed by atoms with van der Waals surface area (Å²) in [4.78, 5) is 26.4. The molecule has 0 radical (unpaired) electrons. The molecule has 10 nitrogen and oxygen atoms in total. The molecule has 1 aromatic rings. The molecule has 166 valence electrons. The number of hydrogen-bond acceptors (Lipinski definition) is 8. The van der Waals surface area contributed by atoms with Gasteiger partial charge in [-0.05, 0) is 26.0 Å². The molecule has 0 saturated heterocycles. The first-order valence-corrected chi connectivity index (χ1v) is 10.1. The predicted octanol–water partition coefficient (Wildman–Crippen LogP) is 2.36. The van der Waals surface area contributed by atoms with Crippen molar-refractivity contribution in [3.63, 3.8) is 0 Å². The topological polar surface area (TPSA) is 112 Å². The van der Waals surface area contributed by atoms with Crippen molar-refractivity contribution in [1.29, 1.82) is 0 Å². The Morgan fingerprint density at radius 1 is 1.23 bits per heavy atom. The van der Waals surface area contributed by atoms with E-state index in [9.17, 15) is 14.9 Å². The average molecular weight is 423 g/mol. The van der Waals surface area contributed by atoms with Gasteiger partial charge in [0.05, 0.1) is 23.1 Å². The SMILES string of the molecule is COC(CN(C)[C@H](C(=O)NC1CCCCC1)c1cc2c(cc1[N+](=O)[O-])OCO2)OC. The lowest BCUT2D eigenvalue weighted by molar-refractivity contribution is -0.386. The van der Waals surface area contributed by atoms with Crippen molar-refractivity contribution >= 4 is 11.6 Å². The summed E-state index contributed by atoms with van der Waals surface area (Å²) in [6.45, 7) is 0.224. The summed E-state index contributed by atoms with van der Waals surface area (Å²) in [6.07, 6.45) is 4.50. The van der Waals surface area contributed by atoms with E-state index in [1.165, 1.54) is 26.4 Å². The summed E-state index contributed by atoms with van der Waals surface area (Å²) >= 11 is 0. The van der Waals surface area contributed by atoms with Crippen molar-refractivity contribution in [2.45, 2.75) is 50.5 Å². The van der Waals surface area contributed by atoms with Crippen LogP contribution in [0.4, 0.5) is 5.69 Å². The Balaban J connectivity index is 1.96. The smallest absolute Gasteiger partial charge is 0.278 e. The lowest BCUT2D eigenvalue weighted by Crippen LogP contribution is -2.46. The lowest BCUT2D eigenvalue weighted by atomic mass is 9.94. The van der Waals surface area contributed by atoms with E-state index in [0.717, 1.165) is 32.1 Å². The van der Waals surface area contributed by atoms with Crippen LogP contribution in [0.25, 0.3) is 0 Å². The van der Waals surface area contributed by atoms with Gasteiger partial charge in [0, 0.05) is 20.3 Å². The number of carbonyl (C=O) groups is 1. The van der Waals surface area contributed by atoms with Crippen LogP contribution in [0.5, 0.6) is 11.5 Å². The van der Waals surface area contributed by atoms with Crippen molar-refractivity contribution in [3.05, 3.63) is 27.8 Å². The maximum Gasteiger partial charge on any atom is 0.278 e. The molecule has 1 aliphatic heterocycles. The Morgan fingerprint density at radius 3 is 2.47 bits per heavy atom. The Labute approximate surface area is 175 Å². The van der Waals surface area contributed by atoms with E-state index in [0.29, 0.717) is 11.5 Å². The molecular weight excluding hydrogens is 394 g/mol. The van der Waals surface area contributed by atoms with Crippen LogP contribution in [0.2, 0.25) is 0 Å². The molecule has 1 amide bonds. The Kier molecular flexibility index (Phi) is 7.46. The molecule has 1 atom stereocenters. The van der Waals surface area contributed by atoms with Crippen molar-refractivity contribution in [3.8, 4) is 11.5 Å². The molecule has 1 saturated carbocycles. The number of nitro groups is 1. The number of ether oxygens (including phenoxy) is 4. The van der Waals surface area contributed by atoms with E-state index in [1.807, 2.05) is 0 Å². The summed E-state index contributed by atoms with van der Waals surface area (Å²) in [5.74, 6) is 0.387. The Bertz CT molecular complexity index is 763. The molecular formula is C20H29N3O7. The second-order valence-corrected chi connectivity index (χ2v) is 7.61. The van der Waals surface area contributed by atoms with Crippen LogP contribution >= 0.6 is 0 Å². The average Bonchev–Trinajstić information content (AvgIpc) is 3.19. The molecule has 1 aromatic carbocycles. The van der Waals surface area contributed by atoms with Gasteiger partial charge in [-0.15, -0.1) is 0 Å². The summed E-state index contributed by atoms with van der Waals surface area (Å²) in [6, 6.07) is 1.98. The van der Waals surface area contributed by atoms with Crippen molar-refractivity contribution in [2.24, 2.45) is 0 Å². The van der Waals surface area contributed by atoms with Crippen molar-refractivity contribution in [1.82, 2.24) is 10.2 Å².